The highest BCUT2D eigenvalue weighted by Crippen LogP contribution is 2.32. The van der Waals surface area contributed by atoms with Crippen LogP contribution in [0.25, 0.3) is 5.57 Å². The van der Waals surface area contributed by atoms with Crippen molar-refractivity contribution >= 4 is 53.4 Å². The van der Waals surface area contributed by atoms with E-state index in [-0.39, 0.29) is 20.7 Å². The minimum atomic E-state index is 0.156. The predicted octanol–water partition coefficient (Wildman–Crippen LogP) is 4.73. The third-order valence-corrected chi connectivity index (χ3v) is 8.08. The molecule has 1 atom stereocenters. The van der Waals surface area contributed by atoms with Crippen molar-refractivity contribution in [1.82, 2.24) is 4.90 Å². The quantitative estimate of drug-likeness (QED) is 0.388. The molecular formula is C17H23I2NO. The molecule has 1 unspecified atom stereocenters. The number of hydrogen-bond donors (Lipinski definition) is 0. The number of fused-ring (bicyclic) bond motifs is 1. The second-order valence-electron chi connectivity index (χ2n) is 5.27. The minimum absolute atomic E-state index is 0.156. The van der Waals surface area contributed by atoms with Gasteiger partial charge in [-0.1, -0.05) is 51.4 Å². The molecule has 0 aliphatic carbocycles. The summed E-state index contributed by atoms with van der Waals surface area (Å²) in [5.41, 5.74) is 2.70. The molecule has 2 rings (SSSR count). The number of benzene rings is 1. The topological polar surface area (TPSA) is 12.5 Å². The molecule has 1 aromatic rings. The number of nitrogens with zero attached hydrogens (tertiary/aromatic N) is 1. The molecule has 1 heterocycles. The van der Waals surface area contributed by atoms with Crippen LogP contribution >= 0.6 is 43.3 Å². The maximum absolute atomic E-state index is 5.71. The van der Waals surface area contributed by atoms with E-state index in [0.717, 1.165) is 27.3 Å². The lowest BCUT2D eigenvalue weighted by Crippen LogP contribution is -2.20. The summed E-state index contributed by atoms with van der Waals surface area (Å²) in [6.45, 7) is 3.00. The molecule has 0 fully saturated rings. The van der Waals surface area contributed by atoms with Crippen molar-refractivity contribution in [2.24, 2.45) is 0 Å². The second kappa shape index (κ2) is 9.25. The molecule has 0 bridgehead atoms. The van der Waals surface area contributed by atoms with Gasteiger partial charge in [-0.25, -0.2) is 0 Å². The molecule has 0 radical (unpaired) electrons. The number of para-hydroxylation sites is 1. The normalized spacial score (nSPS) is 17.6. The molecule has 4 heteroatoms. The summed E-state index contributed by atoms with van der Waals surface area (Å²) in [6, 6.07) is 8.36. The lowest BCUT2D eigenvalue weighted by Gasteiger charge is -2.21. The molecule has 0 amide bonds. The van der Waals surface area contributed by atoms with Gasteiger partial charge in [0.2, 0.25) is 0 Å². The van der Waals surface area contributed by atoms with E-state index in [1.807, 2.05) is 6.07 Å². The molecule has 21 heavy (non-hydrogen) atoms. The highest BCUT2D eigenvalue weighted by molar-refractivity contribution is 14.2. The molecular weight excluding hydrogens is 488 g/mol. The lowest BCUT2D eigenvalue weighted by molar-refractivity contribution is 0.315. The van der Waals surface area contributed by atoms with E-state index in [1.54, 1.807) is 0 Å². The van der Waals surface area contributed by atoms with Crippen LogP contribution in [0.15, 0.2) is 30.3 Å². The number of rotatable bonds is 7. The maximum atomic E-state index is 5.71. The number of alkyl halides is 2. The summed E-state index contributed by atoms with van der Waals surface area (Å²) >= 11 is 2.71. The van der Waals surface area contributed by atoms with Crippen molar-refractivity contribution in [3.63, 3.8) is 0 Å². The van der Waals surface area contributed by atoms with Crippen LogP contribution in [-0.4, -0.2) is 38.1 Å². The van der Waals surface area contributed by atoms with Gasteiger partial charge >= 0.3 is 0 Å². The molecule has 2 nitrogen and oxygen atoms in total. The first-order valence-electron chi connectivity index (χ1n) is 7.31. The van der Waals surface area contributed by atoms with Crippen LogP contribution in [0.1, 0.15) is 24.8 Å². The molecule has 0 spiro atoms. The van der Waals surface area contributed by atoms with Crippen LogP contribution in [0.5, 0.6) is 5.75 Å². The molecule has 116 valence electrons. The van der Waals surface area contributed by atoms with E-state index in [0.29, 0.717) is 0 Å². The highest BCUT2D eigenvalue weighted by atomic mass is 127. The van der Waals surface area contributed by atoms with Gasteiger partial charge < -0.3 is 9.64 Å². The van der Waals surface area contributed by atoms with E-state index in [9.17, 15) is 0 Å². The summed E-state index contributed by atoms with van der Waals surface area (Å²) in [6.07, 6.45) is 5.99. The summed E-state index contributed by atoms with van der Waals surface area (Å²) in [7, 11) is 2.21. The second-order valence-corrected chi connectivity index (χ2v) is 11.5. The lowest BCUT2D eigenvalue weighted by atomic mass is 9.99. The van der Waals surface area contributed by atoms with E-state index in [2.05, 4.69) is 63.3 Å². The Morgan fingerprint density at radius 3 is 3.10 bits per heavy atom. The largest absolute Gasteiger partial charge is 0.493 e. The van der Waals surface area contributed by atoms with Crippen molar-refractivity contribution in [3.05, 3.63) is 35.9 Å². The molecule has 1 aliphatic rings. The van der Waals surface area contributed by atoms with Crippen LogP contribution in [0.3, 0.4) is 0 Å². The Morgan fingerprint density at radius 2 is 2.29 bits per heavy atom. The molecule has 1 aromatic carbocycles. The smallest absolute Gasteiger partial charge is 0.126 e. The zero-order valence-electron chi connectivity index (χ0n) is 12.5. The van der Waals surface area contributed by atoms with Gasteiger partial charge in [0, 0.05) is 18.5 Å². The summed E-state index contributed by atoms with van der Waals surface area (Å²) in [4.78, 5) is 2.41. The number of hydrogen-bond acceptors (Lipinski definition) is 2. The van der Waals surface area contributed by atoms with Crippen LogP contribution in [0.2, 0.25) is 0 Å². The van der Waals surface area contributed by atoms with Gasteiger partial charge in [-0.15, -0.1) is 20.7 Å². The van der Waals surface area contributed by atoms with Crippen LogP contribution < -0.4 is 4.74 Å². The average molecular weight is 511 g/mol. The van der Waals surface area contributed by atoms with E-state index >= 15 is 0 Å². The zero-order chi connectivity index (χ0) is 15.1. The number of likely N-dealkylation sites (N-methyl/N-ethyl adjacent to an activating group) is 1. The van der Waals surface area contributed by atoms with Crippen molar-refractivity contribution in [1.29, 1.82) is 0 Å². The van der Waals surface area contributed by atoms with Crippen molar-refractivity contribution in [2.75, 3.05) is 26.7 Å². The molecule has 1 aliphatic heterocycles. The third kappa shape index (κ3) is 5.63. The van der Waals surface area contributed by atoms with Crippen molar-refractivity contribution < 1.29 is 4.74 Å². The Kier molecular flexibility index (Phi) is 7.66. The molecule has 0 N–H and O–H groups in total. The van der Waals surface area contributed by atoms with Crippen LogP contribution in [-0.2, 0) is 0 Å². The van der Waals surface area contributed by atoms with E-state index < -0.39 is 0 Å². The summed E-state index contributed by atoms with van der Waals surface area (Å²) in [5, 5.41) is 0. The van der Waals surface area contributed by atoms with Gasteiger partial charge in [-0.3, -0.25) is 0 Å². The van der Waals surface area contributed by atoms with Gasteiger partial charge in [0.15, 0.2) is 0 Å². The standard InChI is InChI=1S/C17H23I2NO/c1-19-17(18)8-5-11-20(2)12-9-14-10-13-21-16-7-4-3-6-15(14)16/h3-4,6-7,9,17H,1,5,8,10-13H2,2H3/b14-9+. The van der Waals surface area contributed by atoms with Gasteiger partial charge in [-0.2, -0.15) is 0 Å². The van der Waals surface area contributed by atoms with Crippen molar-refractivity contribution in [3.8, 4) is 5.75 Å². The Balaban J connectivity index is 1.85. The van der Waals surface area contributed by atoms with Gasteiger partial charge in [-0.05, 0) is 38.1 Å². The molecule has 0 saturated heterocycles. The van der Waals surface area contributed by atoms with Crippen molar-refractivity contribution in [2.45, 2.75) is 21.2 Å². The fraction of sp³-hybridized carbons (Fsp3) is 0.471. The zero-order valence-corrected chi connectivity index (χ0v) is 16.8. The average Bonchev–Trinajstić information content (AvgIpc) is 2.52. The predicted molar refractivity (Wildman–Crippen MR) is 110 cm³/mol. The molecule has 0 aromatic heterocycles. The Bertz CT molecular complexity index is 501. The third-order valence-electron chi connectivity index (χ3n) is 3.64. The van der Waals surface area contributed by atoms with Gasteiger partial charge in [0.05, 0.1) is 8.54 Å². The minimum Gasteiger partial charge on any atom is -0.493 e. The van der Waals surface area contributed by atoms with E-state index in [4.69, 9.17) is 4.74 Å². The Morgan fingerprint density at radius 1 is 1.48 bits per heavy atom. The maximum Gasteiger partial charge on any atom is 0.126 e. The monoisotopic (exact) mass is 511 g/mol. The number of ether oxygens (including phenoxy) is 1. The molecule has 0 saturated carbocycles. The highest BCUT2D eigenvalue weighted by Gasteiger charge is 2.14. The first-order chi connectivity index (χ1) is 10.2. The SMILES string of the molecule is C=IC(I)CCCN(C)C/C=C1\CCOc2ccccc21. The fourth-order valence-electron chi connectivity index (χ4n) is 2.43. The summed E-state index contributed by atoms with van der Waals surface area (Å²) in [5.74, 6) is 1.03. The van der Waals surface area contributed by atoms with Crippen LogP contribution in [0, 0.1) is 0 Å². The Hall–Kier alpha value is 0.0500. The van der Waals surface area contributed by atoms with Crippen LogP contribution in [0.4, 0.5) is 0 Å². The summed E-state index contributed by atoms with van der Waals surface area (Å²) < 4.78 is 10.6. The van der Waals surface area contributed by atoms with E-state index in [1.165, 1.54) is 30.5 Å². The van der Waals surface area contributed by atoms with Gasteiger partial charge in [0.1, 0.15) is 5.75 Å². The fourth-order valence-corrected chi connectivity index (χ4v) is 3.75. The Labute approximate surface area is 151 Å². The number of halogens is 2. The first-order valence-corrected chi connectivity index (χ1v) is 11.3. The van der Waals surface area contributed by atoms with Gasteiger partial charge in [0.25, 0.3) is 0 Å². The first kappa shape index (κ1) is 17.4.